The average Bonchev–Trinajstić information content (AvgIpc) is 2.41. The minimum Gasteiger partial charge on any atom is -0.384 e. The molecule has 0 radical (unpaired) electrons. The summed E-state index contributed by atoms with van der Waals surface area (Å²) >= 11 is 0. The van der Waals surface area contributed by atoms with Crippen molar-refractivity contribution in [2.24, 2.45) is 0 Å². The molecule has 10 heavy (non-hydrogen) atoms. The molecule has 0 fully saturated rings. The molecule has 2 rings (SSSR count). The second kappa shape index (κ2) is 1.44. The maximum Gasteiger partial charge on any atom is 0.156 e. The molecule has 0 aliphatic heterocycles. The van der Waals surface area contributed by atoms with Crippen LogP contribution in [0.5, 0.6) is 0 Å². The maximum absolute atomic E-state index is 5.52. The summed E-state index contributed by atoms with van der Waals surface area (Å²) in [5.74, 6) is 6.06. The third-order valence-corrected chi connectivity index (χ3v) is 1.42. The van der Waals surface area contributed by atoms with E-state index in [2.05, 4.69) is 5.10 Å². The molecule has 0 aromatic carbocycles. The van der Waals surface area contributed by atoms with E-state index >= 15 is 0 Å². The summed E-state index contributed by atoms with van der Waals surface area (Å²) < 4.78 is 2.98. The Kier molecular flexibility index (Phi) is 0.743. The van der Waals surface area contributed by atoms with Gasteiger partial charge >= 0.3 is 0 Å². The predicted molar refractivity (Wildman–Crippen MR) is 37.7 cm³/mol. The largest absolute Gasteiger partial charge is 0.384 e. The van der Waals surface area contributed by atoms with Gasteiger partial charge in [-0.05, 0) is 12.1 Å². The Labute approximate surface area is 56.8 Å². The zero-order valence-corrected chi connectivity index (χ0v) is 5.23. The third-order valence-electron chi connectivity index (χ3n) is 1.42. The summed E-state index contributed by atoms with van der Waals surface area (Å²) in [5, 5.41) is 3.91. The lowest BCUT2D eigenvalue weighted by molar-refractivity contribution is 0.982. The number of rotatable bonds is 0. The summed E-state index contributed by atoms with van der Waals surface area (Å²) in [6.07, 6.45) is 1.51. The van der Waals surface area contributed by atoms with E-state index in [1.807, 2.05) is 6.07 Å². The highest BCUT2D eigenvalue weighted by atomic mass is 15.4. The molecule has 2 aromatic heterocycles. The van der Waals surface area contributed by atoms with E-state index in [0.717, 1.165) is 5.65 Å². The Bertz CT molecular complexity index is 321. The summed E-state index contributed by atoms with van der Waals surface area (Å²) in [4.78, 5) is 0. The SMILES string of the molecule is Nc1ccc2n(N)cnn12. The van der Waals surface area contributed by atoms with Crippen LogP contribution in [0.3, 0.4) is 0 Å². The summed E-state index contributed by atoms with van der Waals surface area (Å²) in [7, 11) is 0. The first-order chi connectivity index (χ1) is 4.79. The second-order valence-electron chi connectivity index (χ2n) is 2.07. The lowest BCUT2D eigenvalue weighted by Gasteiger charge is -1.86. The van der Waals surface area contributed by atoms with E-state index in [9.17, 15) is 0 Å². The maximum atomic E-state index is 5.52. The molecular weight excluding hydrogens is 130 g/mol. The van der Waals surface area contributed by atoms with Crippen LogP contribution in [0.2, 0.25) is 0 Å². The summed E-state index contributed by atoms with van der Waals surface area (Å²) in [6.45, 7) is 0. The van der Waals surface area contributed by atoms with Gasteiger partial charge < -0.3 is 11.6 Å². The van der Waals surface area contributed by atoms with Gasteiger partial charge in [0.2, 0.25) is 0 Å². The van der Waals surface area contributed by atoms with Crippen LogP contribution in [0.15, 0.2) is 18.5 Å². The van der Waals surface area contributed by atoms with Crippen molar-refractivity contribution in [3.05, 3.63) is 18.5 Å². The topological polar surface area (TPSA) is 74.3 Å². The van der Waals surface area contributed by atoms with Crippen molar-refractivity contribution in [3.8, 4) is 0 Å². The third kappa shape index (κ3) is 0.439. The molecule has 0 unspecified atom stereocenters. The molecule has 0 saturated carbocycles. The van der Waals surface area contributed by atoms with Crippen LogP contribution >= 0.6 is 0 Å². The van der Waals surface area contributed by atoms with Crippen LogP contribution in [0, 0.1) is 0 Å². The monoisotopic (exact) mass is 137 g/mol. The fraction of sp³-hybridized carbons (Fsp3) is 0. The summed E-state index contributed by atoms with van der Waals surface area (Å²) in [5.41, 5.74) is 6.31. The van der Waals surface area contributed by atoms with Gasteiger partial charge in [-0.2, -0.15) is 9.61 Å². The lowest BCUT2D eigenvalue weighted by Crippen LogP contribution is -2.05. The van der Waals surface area contributed by atoms with Crippen LogP contribution in [0.1, 0.15) is 0 Å². The van der Waals surface area contributed by atoms with E-state index in [1.165, 1.54) is 11.0 Å². The predicted octanol–water partition coefficient (Wildman–Crippen LogP) is -0.568. The standard InChI is InChI=1S/C5H7N5/c6-4-1-2-5-9(7)3-8-10(4)5/h1-3H,6-7H2. The van der Waals surface area contributed by atoms with Crippen molar-refractivity contribution in [3.63, 3.8) is 0 Å². The Morgan fingerprint density at radius 2 is 2.20 bits per heavy atom. The first-order valence-electron chi connectivity index (χ1n) is 2.84. The van der Waals surface area contributed by atoms with Gasteiger partial charge in [0.05, 0.1) is 0 Å². The van der Waals surface area contributed by atoms with E-state index < -0.39 is 0 Å². The van der Waals surface area contributed by atoms with Crippen LogP contribution in [-0.2, 0) is 0 Å². The van der Waals surface area contributed by atoms with Gasteiger partial charge in [0, 0.05) is 0 Å². The number of nitrogen functional groups attached to an aromatic ring is 2. The molecule has 0 aliphatic carbocycles. The second-order valence-corrected chi connectivity index (χ2v) is 2.07. The number of fused-ring (bicyclic) bond motifs is 1. The number of anilines is 1. The zero-order valence-electron chi connectivity index (χ0n) is 5.23. The van der Waals surface area contributed by atoms with Crippen molar-refractivity contribution >= 4 is 11.5 Å². The highest BCUT2D eigenvalue weighted by Gasteiger charge is 2.00. The Morgan fingerprint density at radius 1 is 1.40 bits per heavy atom. The van der Waals surface area contributed by atoms with Crippen molar-refractivity contribution < 1.29 is 0 Å². The molecule has 52 valence electrons. The zero-order chi connectivity index (χ0) is 7.14. The van der Waals surface area contributed by atoms with E-state index in [4.69, 9.17) is 11.6 Å². The van der Waals surface area contributed by atoms with Crippen LogP contribution in [0.25, 0.3) is 5.65 Å². The molecule has 0 aliphatic rings. The molecule has 0 amide bonds. The van der Waals surface area contributed by atoms with Gasteiger partial charge in [-0.3, -0.25) is 0 Å². The number of hydrogen-bond acceptors (Lipinski definition) is 3. The fourth-order valence-corrected chi connectivity index (χ4v) is 0.921. The van der Waals surface area contributed by atoms with Crippen LogP contribution in [0.4, 0.5) is 5.82 Å². The van der Waals surface area contributed by atoms with E-state index in [-0.39, 0.29) is 0 Å². The fourth-order valence-electron chi connectivity index (χ4n) is 0.921. The van der Waals surface area contributed by atoms with Gasteiger partial charge in [0.25, 0.3) is 0 Å². The number of nitrogens with two attached hydrogens (primary N) is 2. The van der Waals surface area contributed by atoms with Crippen LogP contribution in [-0.4, -0.2) is 14.3 Å². The van der Waals surface area contributed by atoms with Gasteiger partial charge in [0.1, 0.15) is 12.1 Å². The highest BCUT2D eigenvalue weighted by molar-refractivity contribution is 5.49. The number of aromatic nitrogens is 3. The van der Waals surface area contributed by atoms with Crippen molar-refractivity contribution in [1.29, 1.82) is 0 Å². The minimum absolute atomic E-state index is 0.596. The smallest absolute Gasteiger partial charge is 0.156 e. The van der Waals surface area contributed by atoms with Gasteiger partial charge in [0.15, 0.2) is 5.65 Å². The molecular formula is C5H7N5. The molecule has 2 aromatic rings. The first-order valence-corrected chi connectivity index (χ1v) is 2.84. The van der Waals surface area contributed by atoms with Gasteiger partial charge in [-0.25, -0.2) is 4.68 Å². The number of hydrogen-bond donors (Lipinski definition) is 2. The Balaban J connectivity index is 2.95. The molecule has 0 spiro atoms. The molecule has 4 N–H and O–H groups in total. The van der Waals surface area contributed by atoms with E-state index in [1.54, 1.807) is 10.6 Å². The molecule has 2 heterocycles. The highest BCUT2D eigenvalue weighted by Crippen LogP contribution is 2.07. The average molecular weight is 137 g/mol. The molecule has 0 saturated heterocycles. The van der Waals surface area contributed by atoms with Gasteiger partial charge in [-0.1, -0.05) is 0 Å². The van der Waals surface area contributed by atoms with Crippen molar-refractivity contribution in [2.75, 3.05) is 11.6 Å². The van der Waals surface area contributed by atoms with E-state index in [0.29, 0.717) is 5.82 Å². The first kappa shape index (κ1) is 5.16. The minimum atomic E-state index is 0.596. The molecule has 0 atom stereocenters. The van der Waals surface area contributed by atoms with Crippen molar-refractivity contribution in [1.82, 2.24) is 14.3 Å². The Hall–Kier alpha value is -1.65. The van der Waals surface area contributed by atoms with Crippen LogP contribution < -0.4 is 11.6 Å². The quantitative estimate of drug-likeness (QED) is 0.477. The normalized spacial score (nSPS) is 10.8. The Morgan fingerprint density at radius 3 is 2.90 bits per heavy atom. The number of nitrogens with zero attached hydrogens (tertiary/aromatic N) is 3. The lowest BCUT2D eigenvalue weighted by atomic mass is 10.6. The van der Waals surface area contributed by atoms with Crippen molar-refractivity contribution in [2.45, 2.75) is 0 Å². The van der Waals surface area contributed by atoms with Gasteiger partial charge in [-0.15, -0.1) is 0 Å². The molecule has 5 heteroatoms. The molecule has 5 nitrogen and oxygen atoms in total. The molecule has 0 bridgehead atoms. The summed E-state index contributed by atoms with van der Waals surface area (Å²) in [6, 6.07) is 3.56.